The predicted octanol–water partition coefficient (Wildman–Crippen LogP) is 3.45. The first kappa shape index (κ1) is 18.8. The summed E-state index contributed by atoms with van der Waals surface area (Å²) < 4.78 is 2.34. The van der Waals surface area contributed by atoms with Crippen LogP contribution < -0.4 is 11.2 Å². The maximum atomic E-state index is 12.4. The molecular weight excluding hydrogens is 426 g/mol. The summed E-state index contributed by atoms with van der Waals surface area (Å²) >= 11 is 4.82. The van der Waals surface area contributed by atoms with Crippen molar-refractivity contribution in [1.82, 2.24) is 20.2 Å². The summed E-state index contributed by atoms with van der Waals surface area (Å²) in [7, 11) is 0. The van der Waals surface area contributed by atoms with Crippen molar-refractivity contribution < 1.29 is 4.79 Å². The molecule has 1 amide bonds. The molecule has 0 saturated heterocycles. The highest BCUT2D eigenvalue weighted by Crippen LogP contribution is 2.49. The third-order valence-electron chi connectivity index (χ3n) is 5.94. The third kappa shape index (κ3) is 3.87. The van der Waals surface area contributed by atoms with Gasteiger partial charge in [-0.2, -0.15) is 0 Å². The average molecular weight is 450 g/mol. The summed E-state index contributed by atoms with van der Waals surface area (Å²) in [6.07, 6.45) is 5.33. The van der Waals surface area contributed by atoms with Crippen molar-refractivity contribution >= 4 is 33.6 Å². The van der Waals surface area contributed by atoms with Gasteiger partial charge in [-0.05, 0) is 56.1 Å². The molecule has 0 aliphatic heterocycles. The van der Waals surface area contributed by atoms with Crippen molar-refractivity contribution in [2.24, 2.45) is 17.8 Å². The Kier molecular flexibility index (Phi) is 5.45. The van der Waals surface area contributed by atoms with Gasteiger partial charge in [-0.1, -0.05) is 46.2 Å². The topological polar surface area (TPSA) is 85.8 Å². The maximum absolute atomic E-state index is 12.4. The molecule has 2 aliphatic rings. The van der Waals surface area contributed by atoms with Crippen molar-refractivity contribution in [2.45, 2.75) is 43.8 Å². The second-order valence-corrected chi connectivity index (χ2v) is 9.44. The van der Waals surface area contributed by atoms with Gasteiger partial charge in [-0.25, -0.2) is 4.68 Å². The first-order chi connectivity index (χ1) is 13.0. The van der Waals surface area contributed by atoms with Gasteiger partial charge in [0.1, 0.15) is 0 Å². The minimum atomic E-state index is 0.0284. The number of halogens is 1. The Hall–Kier alpha value is -1.54. The number of nitrogen functional groups attached to an aromatic ring is 1. The number of hydrogen-bond donors (Lipinski definition) is 2. The Morgan fingerprint density at radius 2 is 2.19 bits per heavy atom. The van der Waals surface area contributed by atoms with E-state index in [9.17, 15) is 4.79 Å². The Morgan fingerprint density at radius 1 is 1.37 bits per heavy atom. The van der Waals surface area contributed by atoms with Gasteiger partial charge in [-0.3, -0.25) is 4.79 Å². The molecular formula is C19H24BrN5OS. The fourth-order valence-electron chi connectivity index (χ4n) is 4.64. The number of nitrogens with two attached hydrogens (primary N) is 1. The van der Waals surface area contributed by atoms with Gasteiger partial charge in [0.25, 0.3) is 0 Å². The monoisotopic (exact) mass is 449 g/mol. The van der Waals surface area contributed by atoms with Crippen molar-refractivity contribution in [3.63, 3.8) is 0 Å². The standard InChI is InChI=1S/C19H24BrN5OS/c1-11(15-9-12-6-7-13(15)8-12)22-17(26)10-27-19-24-23-18(25(19)21)14-4-2-3-5-16(14)20/h2-5,11-13,15H,6-10,21H2,1H3,(H,22,26). The summed E-state index contributed by atoms with van der Waals surface area (Å²) in [5.74, 6) is 9.37. The molecule has 8 heteroatoms. The van der Waals surface area contributed by atoms with Crippen LogP contribution in [0, 0.1) is 17.8 Å². The third-order valence-corrected chi connectivity index (χ3v) is 7.57. The number of nitrogens with one attached hydrogen (secondary N) is 1. The molecule has 1 aromatic heterocycles. The van der Waals surface area contributed by atoms with Crippen LogP contribution in [0.3, 0.4) is 0 Å². The molecule has 4 atom stereocenters. The zero-order valence-corrected chi connectivity index (χ0v) is 17.7. The van der Waals surface area contributed by atoms with Crippen molar-refractivity contribution in [1.29, 1.82) is 0 Å². The fourth-order valence-corrected chi connectivity index (χ4v) is 5.77. The zero-order valence-electron chi connectivity index (χ0n) is 15.3. The lowest BCUT2D eigenvalue weighted by atomic mass is 9.84. The van der Waals surface area contributed by atoms with Gasteiger partial charge in [0.15, 0.2) is 5.82 Å². The fraction of sp³-hybridized carbons (Fsp3) is 0.526. The number of aromatic nitrogens is 3. The van der Waals surface area contributed by atoms with E-state index < -0.39 is 0 Å². The summed E-state index contributed by atoms with van der Waals surface area (Å²) in [5, 5.41) is 12.0. The summed E-state index contributed by atoms with van der Waals surface area (Å²) in [5.41, 5.74) is 0.869. The molecule has 2 aliphatic carbocycles. The lowest BCUT2D eigenvalue weighted by Crippen LogP contribution is -2.41. The number of carbonyl (C=O) groups excluding carboxylic acids is 1. The molecule has 27 heavy (non-hydrogen) atoms. The first-order valence-corrected chi connectivity index (χ1v) is 11.2. The smallest absolute Gasteiger partial charge is 0.230 e. The minimum Gasteiger partial charge on any atom is -0.353 e. The van der Waals surface area contributed by atoms with E-state index in [4.69, 9.17) is 5.84 Å². The predicted molar refractivity (Wildman–Crippen MR) is 111 cm³/mol. The number of thioether (sulfide) groups is 1. The number of carbonyl (C=O) groups is 1. The van der Waals surface area contributed by atoms with Crippen molar-refractivity contribution in [2.75, 3.05) is 11.6 Å². The molecule has 0 spiro atoms. The van der Waals surface area contributed by atoms with E-state index in [1.54, 1.807) is 0 Å². The molecule has 4 rings (SSSR count). The molecule has 2 aromatic rings. The van der Waals surface area contributed by atoms with Crippen LogP contribution in [0.25, 0.3) is 11.4 Å². The minimum absolute atomic E-state index is 0.0284. The van der Waals surface area contributed by atoms with Crippen LogP contribution in [-0.4, -0.2) is 32.6 Å². The second kappa shape index (κ2) is 7.83. The maximum Gasteiger partial charge on any atom is 0.230 e. The van der Waals surface area contributed by atoms with E-state index >= 15 is 0 Å². The number of fused-ring (bicyclic) bond motifs is 2. The zero-order chi connectivity index (χ0) is 19.0. The number of rotatable bonds is 6. The van der Waals surface area contributed by atoms with E-state index in [1.165, 1.54) is 42.1 Å². The number of benzene rings is 1. The van der Waals surface area contributed by atoms with Gasteiger partial charge < -0.3 is 11.2 Å². The van der Waals surface area contributed by atoms with Crippen LogP contribution in [-0.2, 0) is 4.79 Å². The summed E-state index contributed by atoms with van der Waals surface area (Å²) in [6, 6.07) is 7.95. The highest BCUT2D eigenvalue weighted by Gasteiger charge is 2.42. The summed E-state index contributed by atoms with van der Waals surface area (Å²) in [4.78, 5) is 12.4. The van der Waals surface area contributed by atoms with Gasteiger partial charge >= 0.3 is 0 Å². The molecule has 144 valence electrons. The van der Waals surface area contributed by atoms with Crippen LogP contribution >= 0.6 is 27.7 Å². The molecule has 4 unspecified atom stereocenters. The lowest BCUT2D eigenvalue weighted by Gasteiger charge is -2.28. The molecule has 1 heterocycles. The highest BCUT2D eigenvalue weighted by molar-refractivity contribution is 9.10. The van der Waals surface area contributed by atoms with E-state index in [0.717, 1.165) is 21.9 Å². The molecule has 2 bridgehead atoms. The van der Waals surface area contributed by atoms with E-state index in [0.29, 0.717) is 16.9 Å². The summed E-state index contributed by atoms with van der Waals surface area (Å²) in [6.45, 7) is 2.14. The Bertz CT molecular complexity index is 841. The molecule has 2 saturated carbocycles. The van der Waals surface area contributed by atoms with E-state index in [2.05, 4.69) is 38.4 Å². The normalized spacial score (nSPS) is 24.9. The molecule has 0 radical (unpaired) electrons. The molecule has 2 fully saturated rings. The lowest BCUT2D eigenvalue weighted by molar-refractivity contribution is -0.119. The number of amides is 1. The van der Waals surface area contributed by atoms with E-state index in [1.807, 2.05) is 24.3 Å². The SMILES string of the molecule is CC(NC(=O)CSc1nnc(-c2ccccc2Br)n1N)C1CC2CCC1C2. The van der Waals surface area contributed by atoms with Crippen LogP contribution in [0.15, 0.2) is 33.9 Å². The van der Waals surface area contributed by atoms with Crippen LogP contribution in [0.4, 0.5) is 0 Å². The Morgan fingerprint density at radius 3 is 2.89 bits per heavy atom. The van der Waals surface area contributed by atoms with E-state index in [-0.39, 0.29) is 17.7 Å². The number of hydrogen-bond acceptors (Lipinski definition) is 5. The van der Waals surface area contributed by atoms with Crippen LogP contribution in [0.1, 0.15) is 32.6 Å². The van der Waals surface area contributed by atoms with Gasteiger partial charge in [0.05, 0.1) is 5.75 Å². The largest absolute Gasteiger partial charge is 0.353 e. The van der Waals surface area contributed by atoms with Crippen LogP contribution in [0.5, 0.6) is 0 Å². The highest BCUT2D eigenvalue weighted by atomic mass is 79.9. The second-order valence-electron chi connectivity index (χ2n) is 7.64. The Balaban J connectivity index is 1.34. The van der Waals surface area contributed by atoms with Crippen LogP contribution in [0.2, 0.25) is 0 Å². The van der Waals surface area contributed by atoms with Crippen molar-refractivity contribution in [3.05, 3.63) is 28.7 Å². The van der Waals surface area contributed by atoms with Gasteiger partial charge in [-0.15, -0.1) is 10.2 Å². The van der Waals surface area contributed by atoms with Gasteiger partial charge in [0.2, 0.25) is 11.1 Å². The average Bonchev–Trinajstić information content (AvgIpc) is 3.37. The molecule has 1 aromatic carbocycles. The molecule has 6 nitrogen and oxygen atoms in total. The molecule has 3 N–H and O–H groups in total. The quantitative estimate of drug-likeness (QED) is 0.520. The van der Waals surface area contributed by atoms with Gasteiger partial charge in [0, 0.05) is 16.1 Å². The Labute approximate surface area is 171 Å². The van der Waals surface area contributed by atoms with Crippen molar-refractivity contribution in [3.8, 4) is 11.4 Å². The first-order valence-electron chi connectivity index (χ1n) is 9.40. The number of nitrogens with zero attached hydrogens (tertiary/aromatic N) is 3.